The first-order valence-electron chi connectivity index (χ1n) is 6.59. The summed E-state index contributed by atoms with van der Waals surface area (Å²) in [6.07, 6.45) is 0.712. The van der Waals surface area contributed by atoms with Crippen molar-refractivity contribution in [1.82, 2.24) is 0 Å². The molecule has 0 aliphatic rings. The molecule has 0 atom stereocenters. The molecule has 7 nitrogen and oxygen atoms in total. The van der Waals surface area contributed by atoms with E-state index in [1.54, 1.807) is 39.0 Å². The van der Waals surface area contributed by atoms with Crippen LogP contribution in [0.5, 0.6) is 0 Å². The third-order valence-corrected chi connectivity index (χ3v) is 2.64. The molecule has 0 aliphatic heterocycles. The molecule has 116 valence electrons. The Balaban J connectivity index is 2.42. The van der Waals surface area contributed by atoms with Gasteiger partial charge in [0.1, 0.15) is 16.9 Å². The Hall–Kier alpha value is -2.83. The first kappa shape index (κ1) is 15.6. The van der Waals surface area contributed by atoms with Gasteiger partial charge >= 0.3 is 6.09 Å². The van der Waals surface area contributed by atoms with Crippen molar-refractivity contribution in [2.75, 3.05) is 5.32 Å². The molecular formula is C15H16N2O5. The number of anilines is 1. The van der Waals surface area contributed by atoms with Crippen molar-refractivity contribution in [3.8, 4) is 11.3 Å². The third kappa shape index (κ3) is 3.63. The smallest absolute Gasteiger partial charge is 0.412 e. The van der Waals surface area contributed by atoms with Gasteiger partial charge in [-0.2, -0.15) is 0 Å². The number of hydrogen-bond acceptors (Lipinski definition) is 5. The highest BCUT2D eigenvalue weighted by Gasteiger charge is 2.24. The molecule has 1 aromatic heterocycles. The second-order valence-corrected chi connectivity index (χ2v) is 5.56. The normalized spacial score (nSPS) is 11.0. The lowest BCUT2D eigenvalue weighted by Gasteiger charge is -2.20. The van der Waals surface area contributed by atoms with Gasteiger partial charge < -0.3 is 9.15 Å². The highest BCUT2D eigenvalue weighted by atomic mass is 16.6. The van der Waals surface area contributed by atoms with Gasteiger partial charge in [-0.15, -0.1) is 0 Å². The monoisotopic (exact) mass is 304 g/mol. The fourth-order valence-corrected chi connectivity index (χ4v) is 1.89. The van der Waals surface area contributed by atoms with E-state index in [-0.39, 0.29) is 16.9 Å². The molecule has 0 bridgehead atoms. The van der Waals surface area contributed by atoms with Crippen molar-refractivity contribution in [2.24, 2.45) is 0 Å². The Morgan fingerprint density at radius 1 is 1.27 bits per heavy atom. The van der Waals surface area contributed by atoms with Gasteiger partial charge in [-0.05, 0) is 39.0 Å². The molecule has 0 radical (unpaired) electrons. The maximum absolute atomic E-state index is 11.9. The molecule has 2 aromatic rings. The van der Waals surface area contributed by atoms with Crippen LogP contribution in [0, 0.1) is 10.1 Å². The number of nitro groups is 1. The van der Waals surface area contributed by atoms with Crippen LogP contribution in [0.2, 0.25) is 0 Å². The summed E-state index contributed by atoms with van der Waals surface area (Å²) in [5, 5.41) is 13.7. The van der Waals surface area contributed by atoms with Crippen molar-refractivity contribution < 1.29 is 18.9 Å². The molecule has 0 unspecified atom stereocenters. The summed E-state index contributed by atoms with van der Waals surface area (Å²) >= 11 is 0. The highest BCUT2D eigenvalue weighted by Crippen LogP contribution is 2.37. The summed E-state index contributed by atoms with van der Waals surface area (Å²) in [7, 11) is 0. The number of rotatable bonds is 3. The number of amides is 1. The molecule has 0 aliphatic carbocycles. The number of furan rings is 1. The molecular weight excluding hydrogens is 288 g/mol. The van der Waals surface area contributed by atoms with E-state index >= 15 is 0 Å². The molecule has 1 heterocycles. The average molecular weight is 304 g/mol. The van der Waals surface area contributed by atoms with Crippen LogP contribution in [-0.4, -0.2) is 16.6 Å². The zero-order valence-corrected chi connectivity index (χ0v) is 12.5. The van der Waals surface area contributed by atoms with Gasteiger partial charge in [0, 0.05) is 6.07 Å². The van der Waals surface area contributed by atoms with Crippen molar-refractivity contribution in [3.05, 3.63) is 46.7 Å². The van der Waals surface area contributed by atoms with Gasteiger partial charge in [-0.1, -0.05) is 6.07 Å². The lowest BCUT2D eigenvalue weighted by Crippen LogP contribution is -2.27. The predicted molar refractivity (Wildman–Crippen MR) is 80.7 cm³/mol. The number of carbonyl (C=O) groups is 1. The molecule has 7 heteroatoms. The summed E-state index contributed by atoms with van der Waals surface area (Å²) in [4.78, 5) is 22.6. The number of nitrogens with zero attached hydrogens (tertiary/aromatic N) is 1. The molecule has 0 spiro atoms. The fraction of sp³-hybridized carbons (Fsp3) is 0.267. The van der Waals surface area contributed by atoms with Crippen LogP contribution in [0.25, 0.3) is 11.3 Å². The van der Waals surface area contributed by atoms with E-state index in [1.165, 1.54) is 18.4 Å². The summed E-state index contributed by atoms with van der Waals surface area (Å²) in [5.74, 6) is 0.290. The van der Waals surface area contributed by atoms with E-state index in [4.69, 9.17) is 9.15 Å². The lowest BCUT2D eigenvalue weighted by molar-refractivity contribution is -0.384. The molecule has 22 heavy (non-hydrogen) atoms. The Morgan fingerprint density at radius 3 is 2.55 bits per heavy atom. The van der Waals surface area contributed by atoms with Crippen LogP contribution in [-0.2, 0) is 4.74 Å². The quantitative estimate of drug-likeness (QED) is 0.677. The number of carbonyl (C=O) groups excluding carboxylic acids is 1. The van der Waals surface area contributed by atoms with Crippen LogP contribution in [0.4, 0.5) is 16.2 Å². The Labute approximate surface area is 127 Å². The summed E-state index contributed by atoms with van der Waals surface area (Å²) in [6, 6.07) is 7.58. The van der Waals surface area contributed by atoms with E-state index < -0.39 is 16.6 Å². The van der Waals surface area contributed by atoms with Crippen LogP contribution >= 0.6 is 0 Å². The van der Waals surface area contributed by atoms with E-state index in [2.05, 4.69) is 5.32 Å². The first-order valence-corrected chi connectivity index (χ1v) is 6.59. The van der Waals surface area contributed by atoms with Crippen molar-refractivity contribution in [2.45, 2.75) is 26.4 Å². The second-order valence-electron chi connectivity index (χ2n) is 5.56. The summed E-state index contributed by atoms with van der Waals surface area (Å²) in [5.41, 5.74) is -0.388. The van der Waals surface area contributed by atoms with E-state index in [0.717, 1.165) is 0 Å². The molecule has 1 aromatic carbocycles. The van der Waals surface area contributed by atoms with E-state index in [1.807, 2.05) is 0 Å². The van der Waals surface area contributed by atoms with Crippen molar-refractivity contribution >= 4 is 17.5 Å². The van der Waals surface area contributed by atoms with Gasteiger partial charge in [0.25, 0.3) is 5.69 Å². The third-order valence-electron chi connectivity index (χ3n) is 2.64. The maximum atomic E-state index is 11.9. The predicted octanol–water partition coefficient (Wildman–Crippen LogP) is 4.20. The standard InChI is InChI=1S/C15H16N2O5/c1-15(2,3)22-14(18)16-10-6-4-7-11(17(19)20)13(10)12-8-5-9-21-12/h4-9H,1-3H3,(H,16,18). The maximum Gasteiger partial charge on any atom is 0.412 e. The average Bonchev–Trinajstić information content (AvgIpc) is 2.89. The topological polar surface area (TPSA) is 94.6 Å². The van der Waals surface area contributed by atoms with Gasteiger partial charge in [-0.25, -0.2) is 4.79 Å². The number of benzene rings is 1. The molecule has 1 N–H and O–H groups in total. The summed E-state index contributed by atoms with van der Waals surface area (Å²) in [6.45, 7) is 5.19. The van der Waals surface area contributed by atoms with Crippen LogP contribution < -0.4 is 5.32 Å². The Kier molecular flexibility index (Phi) is 4.16. The number of nitrogens with one attached hydrogen (secondary N) is 1. The highest BCUT2D eigenvalue weighted by molar-refractivity contribution is 5.93. The minimum atomic E-state index is -0.694. The SMILES string of the molecule is CC(C)(C)OC(=O)Nc1cccc([N+](=O)[O-])c1-c1ccco1. The van der Waals surface area contributed by atoms with Gasteiger partial charge in [0.15, 0.2) is 0 Å². The molecule has 0 fully saturated rings. The van der Waals surface area contributed by atoms with Crippen molar-refractivity contribution in [3.63, 3.8) is 0 Å². The zero-order chi connectivity index (χ0) is 16.3. The summed E-state index contributed by atoms with van der Waals surface area (Å²) < 4.78 is 10.4. The Morgan fingerprint density at radius 2 is 2.00 bits per heavy atom. The van der Waals surface area contributed by atoms with Gasteiger partial charge in [-0.3, -0.25) is 15.4 Å². The largest absolute Gasteiger partial charge is 0.464 e. The number of ether oxygens (including phenoxy) is 1. The lowest BCUT2D eigenvalue weighted by atomic mass is 10.1. The van der Waals surface area contributed by atoms with Crippen LogP contribution in [0.15, 0.2) is 41.0 Å². The molecule has 1 amide bonds. The Bertz CT molecular complexity index is 686. The number of hydrogen-bond donors (Lipinski definition) is 1. The zero-order valence-electron chi connectivity index (χ0n) is 12.5. The first-order chi connectivity index (χ1) is 10.3. The van der Waals surface area contributed by atoms with Crippen LogP contribution in [0.3, 0.4) is 0 Å². The van der Waals surface area contributed by atoms with Gasteiger partial charge in [0.2, 0.25) is 0 Å². The molecule has 2 rings (SSSR count). The number of nitro benzene ring substituents is 1. The second kappa shape index (κ2) is 5.88. The molecule has 0 saturated carbocycles. The fourth-order valence-electron chi connectivity index (χ4n) is 1.89. The van der Waals surface area contributed by atoms with Crippen molar-refractivity contribution in [1.29, 1.82) is 0 Å². The van der Waals surface area contributed by atoms with Crippen LogP contribution in [0.1, 0.15) is 20.8 Å². The minimum Gasteiger partial charge on any atom is -0.464 e. The van der Waals surface area contributed by atoms with E-state index in [0.29, 0.717) is 5.76 Å². The van der Waals surface area contributed by atoms with E-state index in [9.17, 15) is 14.9 Å². The minimum absolute atomic E-state index is 0.163. The molecule has 0 saturated heterocycles. The van der Waals surface area contributed by atoms with Gasteiger partial charge in [0.05, 0.1) is 16.9 Å².